The van der Waals surface area contributed by atoms with E-state index >= 15 is 0 Å². The molecule has 0 saturated carbocycles. The molecule has 1 N–H and O–H groups in total. The summed E-state index contributed by atoms with van der Waals surface area (Å²) in [6.07, 6.45) is 0. The predicted octanol–water partition coefficient (Wildman–Crippen LogP) is 4.25. The molecule has 1 unspecified atom stereocenters. The molecule has 1 saturated heterocycles. The van der Waals surface area contributed by atoms with Gasteiger partial charge >= 0.3 is 0 Å². The van der Waals surface area contributed by atoms with E-state index in [1.807, 2.05) is 20.2 Å². The molecule has 1 aliphatic rings. The van der Waals surface area contributed by atoms with E-state index in [-0.39, 0.29) is 17.5 Å². The van der Waals surface area contributed by atoms with Gasteiger partial charge in [-0.25, -0.2) is 13.1 Å². The zero-order valence-corrected chi connectivity index (χ0v) is 21.1. The van der Waals surface area contributed by atoms with Crippen LogP contribution < -0.4 is 14.5 Å². The molecule has 1 fully saturated rings. The van der Waals surface area contributed by atoms with E-state index in [0.717, 1.165) is 37.4 Å². The van der Waals surface area contributed by atoms with Gasteiger partial charge in [0, 0.05) is 69.3 Å². The highest BCUT2D eigenvalue weighted by molar-refractivity contribution is 7.89. The lowest BCUT2D eigenvalue weighted by Gasteiger charge is -2.40. The van der Waals surface area contributed by atoms with Gasteiger partial charge in [-0.15, -0.1) is 0 Å². The quantitative estimate of drug-likeness (QED) is 0.503. The van der Waals surface area contributed by atoms with Gasteiger partial charge in [0.25, 0.3) is 0 Å². The van der Waals surface area contributed by atoms with E-state index < -0.39 is 10.0 Å². The molecular formula is C26H31ClN4O2S. The van der Waals surface area contributed by atoms with Gasteiger partial charge in [0.1, 0.15) is 0 Å². The smallest absolute Gasteiger partial charge is 0.240 e. The summed E-state index contributed by atoms with van der Waals surface area (Å²) < 4.78 is 28.7. The first kappa shape index (κ1) is 24.5. The third-order valence-corrected chi connectivity index (χ3v) is 7.95. The van der Waals surface area contributed by atoms with Crippen LogP contribution in [0.3, 0.4) is 0 Å². The van der Waals surface area contributed by atoms with Crippen molar-refractivity contribution in [2.45, 2.75) is 10.9 Å². The number of rotatable bonds is 8. The maximum atomic E-state index is 13.0. The molecule has 0 amide bonds. The zero-order valence-electron chi connectivity index (χ0n) is 19.6. The van der Waals surface area contributed by atoms with Crippen molar-refractivity contribution in [2.24, 2.45) is 0 Å². The standard InChI is InChI=1S/C26H31ClN4O2S/c1-29(2)23-12-8-21(9-13-23)26(20-28-34(32,33)25-14-10-22(27)11-15-25)31-18-16-30(17-19-31)24-6-4-3-5-7-24/h3-15,26,28H,16-20H2,1-2H3. The van der Waals surface area contributed by atoms with Crippen LogP contribution in [0.1, 0.15) is 11.6 Å². The van der Waals surface area contributed by atoms with Crippen LogP contribution >= 0.6 is 11.6 Å². The number of anilines is 2. The monoisotopic (exact) mass is 498 g/mol. The van der Waals surface area contributed by atoms with Crippen LogP contribution in [0.5, 0.6) is 0 Å². The SMILES string of the molecule is CN(C)c1ccc(C(CNS(=O)(=O)c2ccc(Cl)cc2)N2CCN(c3ccccc3)CC2)cc1. The number of para-hydroxylation sites is 1. The lowest BCUT2D eigenvalue weighted by Crippen LogP contribution is -2.49. The average Bonchev–Trinajstić information content (AvgIpc) is 2.85. The Bertz CT molecular complexity index is 1160. The maximum absolute atomic E-state index is 13.0. The largest absolute Gasteiger partial charge is 0.378 e. The fraction of sp³-hybridized carbons (Fsp3) is 0.308. The summed E-state index contributed by atoms with van der Waals surface area (Å²) in [7, 11) is 0.371. The highest BCUT2D eigenvalue weighted by Gasteiger charge is 2.27. The van der Waals surface area contributed by atoms with Crippen LogP contribution in [0, 0.1) is 0 Å². The van der Waals surface area contributed by atoms with Crippen molar-refractivity contribution < 1.29 is 8.42 Å². The van der Waals surface area contributed by atoms with E-state index in [2.05, 4.69) is 68.0 Å². The molecule has 3 aromatic rings. The minimum Gasteiger partial charge on any atom is -0.378 e. The van der Waals surface area contributed by atoms with E-state index in [9.17, 15) is 8.42 Å². The summed E-state index contributed by atoms with van der Waals surface area (Å²) in [4.78, 5) is 7.02. The van der Waals surface area contributed by atoms with Gasteiger partial charge in [-0.1, -0.05) is 41.9 Å². The van der Waals surface area contributed by atoms with Crippen LogP contribution in [0.2, 0.25) is 5.02 Å². The molecule has 1 atom stereocenters. The molecule has 0 spiro atoms. The molecule has 6 nitrogen and oxygen atoms in total. The van der Waals surface area contributed by atoms with Crippen LogP contribution in [0.15, 0.2) is 83.8 Å². The Kier molecular flexibility index (Phi) is 7.78. The molecule has 4 rings (SSSR count). The fourth-order valence-corrected chi connectivity index (χ4v) is 5.43. The topological polar surface area (TPSA) is 55.9 Å². The number of sulfonamides is 1. The van der Waals surface area contributed by atoms with E-state index in [1.54, 1.807) is 12.1 Å². The van der Waals surface area contributed by atoms with Crippen LogP contribution in [-0.2, 0) is 10.0 Å². The third-order valence-electron chi connectivity index (χ3n) is 6.26. The Morgan fingerprint density at radius 1 is 0.882 bits per heavy atom. The number of nitrogens with one attached hydrogen (secondary N) is 1. The third kappa shape index (κ3) is 5.91. The minimum atomic E-state index is -3.65. The normalized spacial score (nSPS) is 15.8. The van der Waals surface area contributed by atoms with Crippen LogP contribution in [0.25, 0.3) is 0 Å². The second kappa shape index (κ2) is 10.8. The van der Waals surface area contributed by atoms with Crippen molar-refractivity contribution in [2.75, 3.05) is 56.6 Å². The number of piperazine rings is 1. The Morgan fingerprint density at radius 3 is 2.09 bits per heavy atom. The molecule has 34 heavy (non-hydrogen) atoms. The second-order valence-corrected chi connectivity index (χ2v) is 10.9. The highest BCUT2D eigenvalue weighted by atomic mass is 35.5. The molecule has 0 bridgehead atoms. The average molecular weight is 499 g/mol. The molecular weight excluding hydrogens is 468 g/mol. The first-order valence-electron chi connectivity index (χ1n) is 11.4. The summed E-state index contributed by atoms with van der Waals surface area (Å²) in [6.45, 7) is 3.76. The lowest BCUT2D eigenvalue weighted by atomic mass is 10.0. The number of hydrogen-bond acceptors (Lipinski definition) is 5. The first-order chi connectivity index (χ1) is 16.3. The molecule has 0 radical (unpaired) electrons. The van der Waals surface area contributed by atoms with Crippen molar-refractivity contribution in [1.29, 1.82) is 0 Å². The number of nitrogens with zero attached hydrogens (tertiary/aromatic N) is 3. The van der Waals surface area contributed by atoms with Crippen molar-refractivity contribution in [3.05, 3.63) is 89.4 Å². The van der Waals surface area contributed by atoms with Crippen molar-refractivity contribution in [1.82, 2.24) is 9.62 Å². The summed E-state index contributed by atoms with van der Waals surface area (Å²) >= 11 is 5.93. The predicted molar refractivity (Wildman–Crippen MR) is 140 cm³/mol. The Morgan fingerprint density at radius 2 is 1.50 bits per heavy atom. The van der Waals surface area contributed by atoms with Crippen molar-refractivity contribution in [3.8, 4) is 0 Å². The molecule has 3 aromatic carbocycles. The van der Waals surface area contributed by atoms with Gasteiger partial charge < -0.3 is 9.80 Å². The van der Waals surface area contributed by atoms with Crippen LogP contribution in [0.4, 0.5) is 11.4 Å². The van der Waals surface area contributed by atoms with Crippen molar-refractivity contribution >= 4 is 33.0 Å². The first-order valence-corrected chi connectivity index (χ1v) is 13.3. The Labute approximate surface area is 207 Å². The molecule has 180 valence electrons. The molecule has 1 aliphatic heterocycles. The van der Waals surface area contributed by atoms with E-state index in [4.69, 9.17) is 11.6 Å². The van der Waals surface area contributed by atoms with Crippen molar-refractivity contribution in [3.63, 3.8) is 0 Å². The van der Waals surface area contributed by atoms with E-state index in [1.165, 1.54) is 17.8 Å². The maximum Gasteiger partial charge on any atom is 0.240 e. The van der Waals surface area contributed by atoms with Gasteiger partial charge in [0.05, 0.1) is 4.90 Å². The summed E-state index contributed by atoms with van der Waals surface area (Å²) in [5.74, 6) is 0. The molecule has 1 heterocycles. The van der Waals surface area contributed by atoms with Gasteiger partial charge in [-0.2, -0.15) is 0 Å². The number of halogens is 1. The number of benzene rings is 3. The van der Waals surface area contributed by atoms with Gasteiger partial charge in [0.15, 0.2) is 0 Å². The zero-order chi connectivity index (χ0) is 24.1. The second-order valence-electron chi connectivity index (χ2n) is 8.67. The molecule has 0 aliphatic carbocycles. The van der Waals surface area contributed by atoms with Gasteiger partial charge in [-0.3, -0.25) is 4.90 Å². The highest BCUT2D eigenvalue weighted by Crippen LogP contribution is 2.26. The summed E-state index contributed by atoms with van der Waals surface area (Å²) in [5.41, 5.74) is 3.42. The lowest BCUT2D eigenvalue weighted by molar-refractivity contribution is 0.187. The fourth-order valence-electron chi connectivity index (χ4n) is 4.27. The molecule has 8 heteroatoms. The Hall–Kier alpha value is -2.58. The van der Waals surface area contributed by atoms with Gasteiger partial charge in [-0.05, 0) is 54.1 Å². The van der Waals surface area contributed by atoms with E-state index in [0.29, 0.717) is 5.02 Å². The van der Waals surface area contributed by atoms with Gasteiger partial charge in [0.2, 0.25) is 10.0 Å². The minimum absolute atomic E-state index is 0.0730. The molecule has 0 aromatic heterocycles. The number of hydrogen-bond donors (Lipinski definition) is 1. The summed E-state index contributed by atoms with van der Waals surface area (Å²) in [6, 6.07) is 24.9. The summed E-state index contributed by atoms with van der Waals surface area (Å²) in [5, 5.41) is 0.508. The van der Waals surface area contributed by atoms with Crippen LogP contribution in [-0.4, -0.2) is 60.1 Å². The Balaban J connectivity index is 1.52.